The fraction of sp³-hybridized carbons (Fsp3) is 0.593. The molecule has 2 aliphatic rings. The lowest BCUT2D eigenvalue weighted by atomic mass is 9.76. The second kappa shape index (κ2) is 9.80. The summed E-state index contributed by atoms with van der Waals surface area (Å²) in [5.41, 5.74) is 3.28. The van der Waals surface area contributed by atoms with Crippen molar-refractivity contribution in [2.24, 2.45) is 11.8 Å². The molecule has 6 nitrogen and oxygen atoms in total. The van der Waals surface area contributed by atoms with Crippen LogP contribution in [0.3, 0.4) is 0 Å². The standard InChI is InChI=1S/C27H36N4O2/c1-18(2)17-33-21-4-3-13-31(16-21)25(32)14-19-5-7-20(8-6-19)22-9-11-28-24-15-30-27-23(26(22)24)10-12-29-27/h9-12,15,18-21H,3-8,13-14,16-17H2,1-2H3,(H,29,30). The van der Waals surface area contributed by atoms with E-state index in [-0.39, 0.29) is 6.10 Å². The van der Waals surface area contributed by atoms with Crippen molar-refractivity contribution in [3.63, 3.8) is 0 Å². The van der Waals surface area contributed by atoms with E-state index < -0.39 is 0 Å². The molecule has 1 N–H and O–H groups in total. The largest absolute Gasteiger partial charge is 0.376 e. The van der Waals surface area contributed by atoms with Crippen molar-refractivity contribution < 1.29 is 9.53 Å². The number of hydrogen-bond acceptors (Lipinski definition) is 4. The molecule has 1 aliphatic heterocycles. The number of rotatable bonds is 6. The predicted molar refractivity (Wildman–Crippen MR) is 131 cm³/mol. The van der Waals surface area contributed by atoms with Crippen LogP contribution in [-0.4, -0.2) is 51.6 Å². The minimum Gasteiger partial charge on any atom is -0.376 e. The first-order valence-electron chi connectivity index (χ1n) is 12.7. The third kappa shape index (κ3) is 4.91. The Hall–Kier alpha value is -2.47. The fourth-order valence-corrected chi connectivity index (χ4v) is 5.70. The number of aromatic nitrogens is 3. The molecule has 5 rings (SSSR count). The van der Waals surface area contributed by atoms with Gasteiger partial charge in [-0.05, 0) is 74.0 Å². The van der Waals surface area contributed by atoms with Crippen molar-refractivity contribution in [3.8, 4) is 0 Å². The van der Waals surface area contributed by atoms with Crippen LogP contribution in [0.2, 0.25) is 0 Å². The van der Waals surface area contributed by atoms with Crippen LogP contribution in [0.4, 0.5) is 0 Å². The van der Waals surface area contributed by atoms with E-state index in [1.54, 1.807) is 0 Å². The highest BCUT2D eigenvalue weighted by atomic mass is 16.5. The Morgan fingerprint density at radius 1 is 1.18 bits per heavy atom. The molecule has 176 valence electrons. The van der Waals surface area contributed by atoms with E-state index >= 15 is 0 Å². The second-order valence-electron chi connectivity index (χ2n) is 10.4. The smallest absolute Gasteiger partial charge is 0.222 e. The Labute approximate surface area is 196 Å². The molecule has 1 atom stereocenters. The lowest BCUT2D eigenvalue weighted by molar-refractivity contribution is -0.136. The van der Waals surface area contributed by atoms with E-state index in [4.69, 9.17) is 4.74 Å². The zero-order valence-electron chi connectivity index (χ0n) is 19.9. The molecule has 33 heavy (non-hydrogen) atoms. The first-order valence-corrected chi connectivity index (χ1v) is 12.7. The summed E-state index contributed by atoms with van der Waals surface area (Å²) in [6, 6.07) is 4.30. The number of carbonyl (C=O) groups is 1. The highest BCUT2D eigenvalue weighted by molar-refractivity contribution is 6.05. The van der Waals surface area contributed by atoms with Crippen molar-refractivity contribution in [1.29, 1.82) is 0 Å². The summed E-state index contributed by atoms with van der Waals surface area (Å²) in [6.07, 6.45) is 13.3. The predicted octanol–water partition coefficient (Wildman–Crippen LogP) is 5.44. The fourth-order valence-electron chi connectivity index (χ4n) is 5.70. The van der Waals surface area contributed by atoms with Crippen LogP contribution in [0.5, 0.6) is 0 Å². The lowest BCUT2D eigenvalue weighted by Crippen LogP contribution is -2.44. The SMILES string of the molecule is CC(C)COC1CCCN(C(=O)CC2CCC(c3ccnc4cnc5[nH]ccc5c34)CC2)C1. The average Bonchev–Trinajstić information content (AvgIpc) is 3.32. The van der Waals surface area contributed by atoms with E-state index in [0.29, 0.717) is 30.1 Å². The number of amides is 1. The molecule has 4 heterocycles. The van der Waals surface area contributed by atoms with Crippen LogP contribution in [-0.2, 0) is 9.53 Å². The molecular formula is C27H36N4O2. The number of nitrogens with one attached hydrogen (secondary N) is 1. The number of aromatic amines is 1. The molecule has 2 fully saturated rings. The van der Waals surface area contributed by atoms with Gasteiger partial charge < -0.3 is 14.6 Å². The number of likely N-dealkylation sites (tertiary alicyclic amines) is 1. The molecule has 6 heteroatoms. The van der Waals surface area contributed by atoms with Crippen LogP contribution >= 0.6 is 0 Å². The van der Waals surface area contributed by atoms with Gasteiger partial charge in [0, 0.05) is 49.3 Å². The molecule has 3 aromatic heterocycles. The first-order chi connectivity index (χ1) is 16.1. The molecule has 1 saturated heterocycles. The summed E-state index contributed by atoms with van der Waals surface area (Å²) < 4.78 is 6.03. The van der Waals surface area contributed by atoms with E-state index in [9.17, 15) is 4.79 Å². The van der Waals surface area contributed by atoms with Gasteiger partial charge in [0.05, 0.1) is 17.8 Å². The van der Waals surface area contributed by atoms with Gasteiger partial charge in [0.1, 0.15) is 5.65 Å². The summed E-state index contributed by atoms with van der Waals surface area (Å²) in [4.78, 5) is 27.4. The number of fused-ring (bicyclic) bond motifs is 3. The van der Waals surface area contributed by atoms with Gasteiger partial charge in [-0.2, -0.15) is 0 Å². The van der Waals surface area contributed by atoms with Crippen LogP contribution < -0.4 is 0 Å². The Bertz CT molecular complexity index is 1100. The van der Waals surface area contributed by atoms with Gasteiger partial charge in [0.25, 0.3) is 0 Å². The number of carbonyl (C=O) groups excluding carboxylic acids is 1. The summed E-state index contributed by atoms with van der Waals surface area (Å²) in [5.74, 6) is 1.87. The molecule has 1 amide bonds. The number of H-pyrrole nitrogens is 1. The van der Waals surface area contributed by atoms with Crippen LogP contribution in [0.1, 0.15) is 70.3 Å². The summed E-state index contributed by atoms with van der Waals surface area (Å²) >= 11 is 0. The van der Waals surface area contributed by atoms with Gasteiger partial charge in [-0.3, -0.25) is 9.78 Å². The quantitative estimate of drug-likeness (QED) is 0.545. The molecular weight excluding hydrogens is 412 g/mol. The van der Waals surface area contributed by atoms with Gasteiger partial charge in [0.2, 0.25) is 5.91 Å². The highest BCUT2D eigenvalue weighted by Gasteiger charge is 2.29. The Morgan fingerprint density at radius 3 is 2.85 bits per heavy atom. The molecule has 1 saturated carbocycles. The van der Waals surface area contributed by atoms with Gasteiger partial charge in [-0.15, -0.1) is 0 Å². The third-order valence-corrected chi connectivity index (χ3v) is 7.47. The van der Waals surface area contributed by atoms with Crippen molar-refractivity contribution in [2.75, 3.05) is 19.7 Å². The summed E-state index contributed by atoms with van der Waals surface area (Å²) in [5, 5.41) is 2.40. The Morgan fingerprint density at radius 2 is 2.03 bits per heavy atom. The van der Waals surface area contributed by atoms with E-state index in [1.165, 1.54) is 10.9 Å². The summed E-state index contributed by atoms with van der Waals surface area (Å²) in [7, 11) is 0. The molecule has 0 aromatic carbocycles. The lowest BCUT2D eigenvalue weighted by Gasteiger charge is -2.35. The van der Waals surface area contributed by atoms with Crippen LogP contribution in [0.15, 0.2) is 30.7 Å². The number of nitrogens with zero attached hydrogens (tertiary/aromatic N) is 3. The highest BCUT2D eigenvalue weighted by Crippen LogP contribution is 2.40. The number of hydrogen-bond donors (Lipinski definition) is 1. The Kier molecular flexibility index (Phi) is 6.63. The Balaban J connectivity index is 1.20. The molecule has 0 radical (unpaired) electrons. The van der Waals surface area contributed by atoms with Gasteiger partial charge >= 0.3 is 0 Å². The second-order valence-corrected chi connectivity index (χ2v) is 10.4. The maximum atomic E-state index is 13.0. The molecule has 3 aromatic rings. The molecule has 1 unspecified atom stereocenters. The normalized spacial score (nSPS) is 24.1. The van der Waals surface area contributed by atoms with Crippen LogP contribution in [0.25, 0.3) is 21.9 Å². The van der Waals surface area contributed by atoms with Crippen LogP contribution in [0, 0.1) is 11.8 Å². The number of pyridine rings is 2. The van der Waals surface area contributed by atoms with E-state index in [2.05, 4.69) is 45.8 Å². The minimum atomic E-state index is 0.209. The molecule has 0 bridgehead atoms. The van der Waals surface area contributed by atoms with E-state index in [0.717, 1.165) is 74.8 Å². The maximum absolute atomic E-state index is 13.0. The number of piperidine rings is 1. The molecule has 0 spiro atoms. The first kappa shape index (κ1) is 22.3. The van der Waals surface area contributed by atoms with E-state index in [1.807, 2.05) is 18.6 Å². The van der Waals surface area contributed by atoms with Crippen molar-refractivity contribution in [3.05, 3.63) is 36.3 Å². The average molecular weight is 449 g/mol. The monoisotopic (exact) mass is 448 g/mol. The topological polar surface area (TPSA) is 71.1 Å². The molecule has 1 aliphatic carbocycles. The minimum absolute atomic E-state index is 0.209. The van der Waals surface area contributed by atoms with Crippen molar-refractivity contribution >= 4 is 27.8 Å². The van der Waals surface area contributed by atoms with Gasteiger partial charge in [-0.1, -0.05) is 13.8 Å². The summed E-state index contributed by atoms with van der Waals surface area (Å²) in [6.45, 7) is 6.79. The maximum Gasteiger partial charge on any atom is 0.222 e. The van der Waals surface area contributed by atoms with Gasteiger partial charge in [0.15, 0.2) is 0 Å². The number of ether oxygens (including phenoxy) is 1. The zero-order chi connectivity index (χ0) is 22.8. The van der Waals surface area contributed by atoms with Crippen molar-refractivity contribution in [1.82, 2.24) is 19.9 Å². The zero-order valence-corrected chi connectivity index (χ0v) is 19.9. The van der Waals surface area contributed by atoms with Crippen molar-refractivity contribution in [2.45, 2.75) is 70.8 Å². The van der Waals surface area contributed by atoms with Gasteiger partial charge in [-0.25, -0.2) is 4.98 Å². The third-order valence-electron chi connectivity index (χ3n) is 7.47.